The van der Waals surface area contributed by atoms with Gasteiger partial charge in [0.1, 0.15) is 23.2 Å². The summed E-state index contributed by atoms with van der Waals surface area (Å²) in [5.41, 5.74) is 6.43. The third-order valence-electron chi connectivity index (χ3n) is 6.49. The number of alkyl halides is 3. The molecule has 0 bridgehead atoms. The second kappa shape index (κ2) is 10.8. The number of hydroxylamine groups is 1. The molecule has 2 aliphatic rings. The minimum atomic E-state index is -5.30. The van der Waals surface area contributed by atoms with Gasteiger partial charge in [-0.1, -0.05) is 23.2 Å². The van der Waals surface area contributed by atoms with Gasteiger partial charge in [0.2, 0.25) is 10.0 Å². The Morgan fingerprint density at radius 3 is 2.69 bits per heavy atom. The number of nitrogen functional groups attached to an aromatic ring is 1. The number of nitrogens with zero attached hydrogens (tertiary/aromatic N) is 6. The van der Waals surface area contributed by atoms with Crippen molar-refractivity contribution in [2.24, 2.45) is 0 Å². The maximum absolute atomic E-state index is 13.6. The van der Waals surface area contributed by atoms with E-state index >= 15 is 0 Å². The van der Waals surface area contributed by atoms with Crippen LogP contribution in [0, 0.1) is 0 Å². The molecular weight excluding hydrogens is 630 g/mol. The molecule has 42 heavy (non-hydrogen) atoms. The number of halogens is 5. The standard InChI is InChI=1S/C22H22Cl2F3N9O5S/c1-11(31-18(37)14-17(28)32-35-4-2-5-36(20(14)35)41-21(38)22(25,26)27)12-9-13(23)15-16(24)29-10-34(15)19(12)33-6-3-30-42(39,40)8-7-33/h2,5,9-11,30H,3-4,6-8H2,1H3,(H2,28,32)(H,31,37)/t11-/m0/s1. The second-order valence-electron chi connectivity index (χ2n) is 9.27. The van der Waals surface area contributed by atoms with Gasteiger partial charge in [0, 0.05) is 31.4 Å². The van der Waals surface area contributed by atoms with Crippen molar-refractivity contribution in [3.63, 3.8) is 0 Å². The van der Waals surface area contributed by atoms with E-state index < -0.39 is 34.1 Å². The van der Waals surface area contributed by atoms with Crippen molar-refractivity contribution in [2.75, 3.05) is 41.1 Å². The van der Waals surface area contributed by atoms with E-state index in [2.05, 4.69) is 25.0 Å². The molecule has 3 aromatic heterocycles. The summed E-state index contributed by atoms with van der Waals surface area (Å²) in [4.78, 5) is 35.4. The molecule has 14 nitrogen and oxygen atoms in total. The lowest BCUT2D eigenvalue weighted by atomic mass is 10.1. The molecule has 0 unspecified atom stereocenters. The molecule has 0 saturated carbocycles. The van der Waals surface area contributed by atoms with Crippen LogP contribution in [0.25, 0.3) is 5.52 Å². The van der Waals surface area contributed by atoms with Crippen molar-refractivity contribution < 1.29 is 36.0 Å². The Bertz CT molecular complexity index is 1720. The van der Waals surface area contributed by atoms with E-state index in [0.717, 1.165) is 10.9 Å². The number of hydrogen-bond acceptors (Lipinski definition) is 10. The van der Waals surface area contributed by atoms with Crippen molar-refractivity contribution in [3.8, 4) is 0 Å². The SMILES string of the molecule is C[C@H](NC(=O)c1c(N)nn2c1N(OC(=O)C(F)(F)F)C=CC2)c1cc(Cl)c2c(Cl)ncn2c1N1CCNS(=O)(=O)CC1. The van der Waals surface area contributed by atoms with Crippen LogP contribution < -0.4 is 25.7 Å². The molecule has 4 N–H and O–H groups in total. The summed E-state index contributed by atoms with van der Waals surface area (Å²) in [5.74, 6) is -3.74. The van der Waals surface area contributed by atoms with Gasteiger partial charge >= 0.3 is 12.1 Å². The van der Waals surface area contributed by atoms with Crippen LogP contribution in [-0.2, 0) is 26.2 Å². The van der Waals surface area contributed by atoms with Crippen molar-refractivity contribution in [3.05, 3.63) is 46.0 Å². The molecule has 2 aliphatic heterocycles. The number of amides is 1. The van der Waals surface area contributed by atoms with Gasteiger partial charge in [-0.3, -0.25) is 9.20 Å². The first-order chi connectivity index (χ1) is 19.7. The number of nitrogens with one attached hydrogen (secondary N) is 2. The number of hydrogen-bond donors (Lipinski definition) is 3. The maximum atomic E-state index is 13.6. The van der Waals surface area contributed by atoms with Crippen LogP contribution in [0.1, 0.15) is 28.9 Å². The van der Waals surface area contributed by atoms with E-state index in [1.807, 2.05) is 0 Å². The van der Waals surface area contributed by atoms with Gasteiger partial charge in [0.25, 0.3) is 5.91 Å². The number of carbonyl (C=O) groups is 2. The van der Waals surface area contributed by atoms with Gasteiger partial charge in [-0.25, -0.2) is 27.6 Å². The summed E-state index contributed by atoms with van der Waals surface area (Å²) in [5, 5.41) is 7.49. The Hall–Kier alpha value is -3.74. The normalized spacial score (nSPS) is 17.6. The number of pyridine rings is 1. The average Bonchev–Trinajstić information content (AvgIpc) is 3.39. The summed E-state index contributed by atoms with van der Waals surface area (Å²) in [7, 11) is -3.51. The molecule has 5 heterocycles. The molecule has 20 heteroatoms. The summed E-state index contributed by atoms with van der Waals surface area (Å²) in [6.07, 6.45) is -1.50. The van der Waals surface area contributed by atoms with Crippen LogP contribution >= 0.6 is 23.2 Å². The molecule has 1 atom stereocenters. The van der Waals surface area contributed by atoms with Crippen molar-refractivity contribution >= 4 is 68.1 Å². The number of imidazole rings is 1. The van der Waals surface area contributed by atoms with Crippen molar-refractivity contribution in [2.45, 2.75) is 25.7 Å². The summed E-state index contributed by atoms with van der Waals surface area (Å²) in [6, 6.07) is 0.706. The number of carbonyl (C=O) groups excluding carboxylic acids is 2. The highest BCUT2D eigenvalue weighted by Crippen LogP contribution is 2.37. The van der Waals surface area contributed by atoms with E-state index in [0.29, 0.717) is 22.0 Å². The molecule has 0 radical (unpaired) electrons. The summed E-state index contributed by atoms with van der Waals surface area (Å²) >= 11 is 12.8. The quantitative estimate of drug-likeness (QED) is 0.371. The van der Waals surface area contributed by atoms with Crippen LogP contribution in [0.4, 0.5) is 30.6 Å². The zero-order valence-corrected chi connectivity index (χ0v) is 23.9. The zero-order chi connectivity index (χ0) is 30.6. The summed E-state index contributed by atoms with van der Waals surface area (Å²) in [6.45, 7) is 2.10. The molecule has 0 aromatic carbocycles. The zero-order valence-electron chi connectivity index (χ0n) is 21.5. The van der Waals surface area contributed by atoms with E-state index in [4.69, 9.17) is 28.9 Å². The fraction of sp³-hybridized carbons (Fsp3) is 0.364. The number of anilines is 3. The monoisotopic (exact) mass is 651 g/mol. The summed E-state index contributed by atoms with van der Waals surface area (Å²) < 4.78 is 68.2. The van der Waals surface area contributed by atoms with Crippen LogP contribution in [0.2, 0.25) is 10.2 Å². The van der Waals surface area contributed by atoms with Gasteiger partial charge in [0.05, 0.1) is 23.4 Å². The molecule has 3 aromatic rings. The Labute approximate surface area is 245 Å². The van der Waals surface area contributed by atoms with Crippen molar-refractivity contribution in [1.29, 1.82) is 0 Å². The molecule has 0 aliphatic carbocycles. The maximum Gasteiger partial charge on any atom is 0.493 e. The van der Waals surface area contributed by atoms with E-state index in [9.17, 15) is 31.2 Å². The number of rotatable bonds is 5. The van der Waals surface area contributed by atoms with Gasteiger partial charge < -0.3 is 20.8 Å². The Morgan fingerprint density at radius 2 is 1.98 bits per heavy atom. The van der Waals surface area contributed by atoms with Crippen LogP contribution in [0.3, 0.4) is 0 Å². The molecule has 1 fully saturated rings. The van der Waals surface area contributed by atoms with Crippen LogP contribution in [-0.4, -0.2) is 71.0 Å². The Balaban J connectivity index is 1.51. The first-order valence-electron chi connectivity index (χ1n) is 12.2. The third kappa shape index (κ3) is 5.53. The molecule has 1 saturated heterocycles. The highest BCUT2D eigenvalue weighted by Gasteiger charge is 2.44. The number of fused-ring (bicyclic) bond motifs is 2. The molecular formula is C22H22Cl2F3N9O5S. The Kier molecular flexibility index (Phi) is 7.67. The number of aromatic nitrogens is 4. The third-order valence-corrected chi connectivity index (χ3v) is 8.41. The molecule has 1 amide bonds. The minimum absolute atomic E-state index is 0.0339. The van der Waals surface area contributed by atoms with Gasteiger partial charge in [-0.2, -0.15) is 23.3 Å². The van der Waals surface area contributed by atoms with E-state index in [-0.39, 0.29) is 59.3 Å². The number of nitrogens with two attached hydrogens (primary N) is 1. The predicted octanol–water partition coefficient (Wildman–Crippen LogP) is 2.00. The fourth-order valence-corrected chi connectivity index (χ4v) is 6.23. The number of allylic oxidation sites excluding steroid dienone is 1. The van der Waals surface area contributed by atoms with Gasteiger partial charge in [-0.15, -0.1) is 0 Å². The smallest absolute Gasteiger partial charge is 0.381 e. The second-order valence-corrected chi connectivity index (χ2v) is 12.0. The predicted molar refractivity (Wildman–Crippen MR) is 146 cm³/mol. The highest BCUT2D eigenvalue weighted by molar-refractivity contribution is 7.89. The van der Waals surface area contributed by atoms with E-state index in [1.54, 1.807) is 22.3 Å². The molecule has 0 spiro atoms. The lowest BCUT2D eigenvalue weighted by Gasteiger charge is -2.29. The van der Waals surface area contributed by atoms with E-state index in [1.165, 1.54) is 12.4 Å². The first-order valence-corrected chi connectivity index (χ1v) is 14.6. The molecule has 5 rings (SSSR count). The Morgan fingerprint density at radius 1 is 1.24 bits per heavy atom. The average molecular weight is 652 g/mol. The minimum Gasteiger partial charge on any atom is -0.381 e. The van der Waals surface area contributed by atoms with Gasteiger partial charge in [-0.05, 0) is 19.1 Å². The topological polar surface area (TPSA) is 169 Å². The largest absolute Gasteiger partial charge is 0.493 e. The van der Waals surface area contributed by atoms with Crippen LogP contribution in [0.5, 0.6) is 0 Å². The molecule has 226 valence electrons. The lowest BCUT2D eigenvalue weighted by molar-refractivity contribution is -0.200. The fourth-order valence-electron chi connectivity index (χ4n) is 4.64. The lowest BCUT2D eigenvalue weighted by Crippen LogP contribution is -2.36. The number of sulfonamides is 1. The van der Waals surface area contributed by atoms with Crippen LogP contribution in [0.15, 0.2) is 24.7 Å². The highest BCUT2D eigenvalue weighted by atomic mass is 35.5. The van der Waals surface area contributed by atoms with Crippen molar-refractivity contribution in [1.82, 2.24) is 29.2 Å². The van der Waals surface area contributed by atoms with Gasteiger partial charge in [0.15, 0.2) is 16.8 Å². The first kappa shape index (κ1) is 29.7.